The minimum atomic E-state index is 0.319. The van der Waals surface area contributed by atoms with Gasteiger partial charge in [0, 0.05) is 65.5 Å². The second-order valence-electron chi connectivity index (χ2n) is 7.22. The molecule has 0 aromatic carbocycles. The molecule has 2 aliphatic rings. The van der Waals surface area contributed by atoms with Crippen LogP contribution in [-0.4, -0.2) is 124 Å². The molecule has 0 aromatic heterocycles. The summed E-state index contributed by atoms with van der Waals surface area (Å²) in [5.74, 6) is 0. The Morgan fingerprint density at radius 2 is 1.33 bits per heavy atom. The Balaban J connectivity index is 1.43. The molecule has 0 atom stereocenters. The average Bonchev–Trinajstić information content (AvgIpc) is 2.63. The van der Waals surface area contributed by atoms with Gasteiger partial charge in [-0.05, 0) is 39.4 Å². The van der Waals surface area contributed by atoms with E-state index in [2.05, 4.69) is 26.6 Å². The zero-order valence-corrected chi connectivity index (χ0v) is 15.7. The van der Waals surface area contributed by atoms with Crippen LogP contribution in [0.2, 0.25) is 0 Å². The quantitative estimate of drug-likeness (QED) is 0.535. The van der Waals surface area contributed by atoms with Crippen LogP contribution in [0.4, 0.5) is 0 Å². The Labute approximate surface area is 148 Å². The predicted molar refractivity (Wildman–Crippen MR) is 98.6 cm³/mol. The largest absolute Gasteiger partial charge is 0.396 e. The summed E-state index contributed by atoms with van der Waals surface area (Å²) in [6.45, 7) is 14.9. The summed E-state index contributed by atoms with van der Waals surface area (Å²) in [6.07, 6.45) is 3.51. The topological polar surface area (TPSA) is 42.4 Å². The average molecular weight is 343 g/mol. The van der Waals surface area contributed by atoms with E-state index in [1.807, 2.05) is 0 Å². The number of hydrogen-bond donors (Lipinski definition) is 1. The van der Waals surface area contributed by atoms with E-state index in [0.717, 1.165) is 39.3 Å². The molecule has 0 aromatic rings. The van der Waals surface area contributed by atoms with Crippen LogP contribution >= 0.6 is 0 Å². The normalized spacial score (nSPS) is 21.6. The summed E-state index contributed by atoms with van der Waals surface area (Å²) >= 11 is 0. The molecule has 0 unspecified atom stereocenters. The molecule has 0 spiro atoms. The van der Waals surface area contributed by atoms with Crippen LogP contribution in [0, 0.1) is 0 Å². The zero-order valence-electron chi connectivity index (χ0n) is 15.7. The minimum Gasteiger partial charge on any atom is -0.396 e. The Morgan fingerprint density at radius 3 is 1.96 bits per heavy atom. The van der Waals surface area contributed by atoms with Crippen LogP contribution < -0.4 is 0 Å². The molecule has 0 aliphatic carbocycles. The Hall–Kier alpha value is -0.240. The standard InChI is InChI=1S/C18H38N4O2/c1-19(8-9-22-14-17-24-18-15-22)5-2-3-6-20-10-12-21(13-11-20)7-4-16-23/h23H,2-18H2,1H3. The van der Waals surface area contributed by atoms with Gasteiger partial charge in [0.05, 0.1) is 13.2 Å². The fraction of sp³-hybridized carbons (Fsp3) is 1.00. The summed E-state index contributed by atoms with van der Waals surface area (Å²) in [7, 11) is 2.25. The van der Waals surface area contributed by atoms with E-state index in [9.17, 15) is 0 Å². The molecule has 2 saturated heterocycles. The molecule has 0 saturated carbocycles. The van der Waals surface area contributed by atoms with Gasteiger partial charge in [0.1, 0.15) is 0 Å². The monoisotopic (exact) mass is 342 g/mol. The number of unbranched alkanes of at least 4 members (excludes halogenated alkanes) is 1. The second kappa shape index (κ2) is 12.2. The van der Waals surface area contributed by atoms with Crippen LogP contribution in [0.5, 0.6) is 0 Å². The molecule has 0 radical (unpaired) electrons. The van der Waals surface area contributed by atoms with E-state index in [4.69, 9.17) is 9.84 Å². The van der Waals surface area contributed by atoms with Crippen molar-refractivity contribution >= 4 is 0 Å². The van der Waals surface area contributed by atoms with Gasteiger partial charge >= 0.3 is 0 Å². The van der Waals surface area contributed by atoms with Gasteiger partial charge in [0.25, 0.3) is 0 Å². The lowest BCUT2D eigenvalue weighted by molar-refractivity contribution is 0.0344. The van der Waals surface area contributed by atoms with Gasteiger partial charge in [-0.1, -0.05) is 0 Å². The summed E-state index contributed by atoms with van der Waals surface area (Å²) < 4.78 is 5.40. The molecule has 6 heteroatoms. The van der Waals surface area contributed by atoms with Crippen LogP contribution in [0.3, 0.4) is 0 Å². The fourth-order valence-corrected chi connectivity index (χ4v) is 3.50. The third-order valence-electron chi connectivity index (χ3n) is 5.26. The maximum absolute atomic E-state index is 8.90. The van der Waals surface area contributed by atoms with E-state index in [1.165, 1.54) is 65.2 Å². The maximum atomic E-state index is 8.90. The first kappa shape index (κ1) is 20.1. The molecular formula is C18H38N4O2. The van der Waals surface area contributed by atoms with Gasteiger partial charge in [-0.15, -0.1) is 0 Å². The summed E-state index contributed by atoms with van der Waals surface area (Å²) in [6, 6.07) is 0. The van der Waals surface area contributed by atoms with Gasteiger partial charge in [0.15, 0.2) is 0 Å². The van der Waals surface area contributed by atoms with E-state index < -0.39 is 0 Å². The van der Waals surface area contributed by atoms with Crippen molar-refractivity contribution in [1.29, 1.82) is 0 Å². The molecule has 0 amide bonds. The van der Waals surface area contributed by atoms with Crippen molar-refractivity contribution in [3.8, 4) is 0 Å². The molecule has 2 rings (SSSR count). The van der Waals surface area contributed by atoms with Crippen molar-refractivity contribution in [2.24, 2.45) is 0 Å². The number of aliphatic hydroxyl groups excluding tert-OH is 1. The molecule has 6 nitrogen and oxygen atoms in total. The van der Waals surface area contributed by atoms with Gasteiger partial charge in [-0.3, -0.25) is 4.90 Å². The lowest BCUT2D eigenvalue weighted by Crippen LogP contribution is -2.46. The van der Waals surface area contributed by atoms with E-state index in [0.29, 0.717) is 6.61 Å². The maximum Gasteiger partial charge on any atom is 0.0594 e. The van der Waals surface area contributed by atoms with Crippen molar-refractivity contribution < 1.29 is 9.84 Å². The second-order valence-corrected chi connectivity index (χ2v) is 7.22. The number of hydrogen-bond acceptors (Lipinski definition) is 6. The van der Waals surface area contributed by atoms with E-state index in [1.54, 1.807) is 0 Å². The first-order valence-corrected chi connectivity index (χ1v) is 9.82. The smallest absolute Gasteiger partial charge is 0.0594 e. The summed E-state index contributed by atoms with van der Waals surface area (Å²) in [5, 5.41) is 8.90. The highest BCUT2D eigenvalue weighted by molar-refractivity contribution is 4.72. The highest BCUT2D eigenvalue weighted by Crippen LogP contribution is 2.05. The number of ether oxygens (including phenoxy) is 1. The Morgan fingerprint density at radius 1 is 0.750 bits per heavy atom. The van der Waals surface area contributed by atoms with Crippen molar-refractivity contribution in [1.82, 2.24) is 19.6 Å². The molecule has 142 valence electrons. The lowest BCUT2D eigenvalue weighted by Gasteiger charge is -2.34. The molecule has 1 N–H and O–H groups in total. The van der Waals surface area contributed by atoms with Gasteiger partial charge in [-0.2, -0.15) is 0 Å². The highest BCUT2D eigenvalue weighted by Gasteiger charge is 2.16. The number of aliphatic hydroxyl groups is 1. The third-order valence-corrected chi connectivity index (χ3v) is 5.26. The van der Waals surface area contributed by atoms with Crippen LogP contribution in [0.25, 0.3) is 0 Å². The number of piperazine rings is 1. The van der Waals surface area contributed by atoms with Crippen LogP contribution in [0.1, 0.15) is 19.3 Å². The predicted octanol–water partition coefficient (Wildman–Crippen LogP) is 0.0306. The number of likely N-dealkylation sites (N-methyl/N-ethyl adjacent to an activating group) is 1. The van der Waals surface area contributed by atoms with Crippen LogP contribution in [-0.2, 0) is 4.74 Å². The van der Waals surface area contributed by atoms with Crippen molar-refractivity contribution in [3.05, 3.63) is 0 Å². The SMILES string of the molecule is CN(CCCCN1CCN(CCCO)CC1)CCN1CCOCC1. The van der Waals surface area contributed by atoms with E-state index >= 15 is 0 Å². The lowest BCUT2D eigenvalue weighted by atomic mass is 10.2. The van der Waals surface area contributed by atoms with Crippen molar-refractivity contribution in [2.45, 2.75) is 19.3 Å². The first-order valence-electron chi connectivity index (χ1n) is 9.82. The molecule has 2 aliphatic heterocycles. The summed E-state index contributed by atoms with van der Waals surface area (Å²) in [5.41, 5.74) is 0. The first-order chi connectivity index (χ1) is 11.8. The van der Waals surface area contributed by atoms with Crippen molar-refractivity contribution in [3.63, 3.8) is 0 Å². The van der Waals surface area contributed by atoms with Crippen molar-refractivity contribution in [2.75, 3.05) is 98.9 Å². The number of rotatable bonds is 11. The van der Waals surface area contributed by atoms with Gasteiger partial charge in [0.2, 0.25) is 0 Å². The minimum absolute atomic E-state index is 0.319. The molecule has 2 fully saturated rings. The Bertz CT molecular complexity index is 305. The summed E-state index contributed by atoms with van der Waals surface area (Å²) in [4.78, 5) is 10.1. The van der Waals surface area contributed by atoms with Gasteiger partial charge < -0.3 is 24.5 Å². The molecule has 24 heavy (non-hydrogen) atoms. The number of morpholine rings is 1. The molecular weight excluding hydrogens is 304 g/mol. The Kier molecular flexibility index (Phi) is 10.2. The number of nitrogens with zero attached hydrogens (tertiary/aromatic N) is 4. The van der Waals surface area contributed by atoms with E-state index in [-0.39, 0.29) is 0 Å². The van der Waals surface area contributed by atoms with Crippen LogP contribution in [0.15, 0.2) is 0 Å². The highest BCUT2D eigenvalue weighted by atomic mass is 16.5. The zero-order chi connectivity index (χ0) is 17.0. The fourth-order valence-electron chi connectivity index (χ4n) is 3.50. The molecule has 2 heterocycles. The van der Waals surface area contributed by atoms with Gasteiger partial charge in [-0.25, -0.2) is 0 Å². The third kappa shape index (κ3) is 8.23. The molecule has 0 bridgehead atoms.